The van der Waals surface area contributed by atoms with Crippen LogP contribution in [-0.2, 0) is 19.1 Å². The molecule has 34 heavy (non-hydrogen) atoms. The predicted octanol–water partition coefficient (Wildman–Crippen LogP) is 2.81. The fraction of sp³-hybridized carbons (Fsp3) is 0.565. The van der Waals surface area contributed by atoms with Crippen molar-refractivity contribution < 1.29 is 29.0 Å². The number of carbonyl (C=O) groups is 3. The van der Waals surface area contributed by atoms with Gasteiger partial charge in [-0.3, -0.25) is 9.59 Å². The average molecular weight is 497 g/mol. The van der Waals surface area contributed by atoms with Gasteiger partial charge in [0.15, 0.2) is 5.11 Å². The second kappa shape index (κ2) is 14.9. The maximum Gasteiger partial charge on any atom is 0.408 e. The second-order valence-electron chi connectivity index (χ2n) is 8.47. The third kappa shape index (κ3) is 13.5. The minimum Gasteiger partial charge on any atom is -0.508 e. The van der Waals surface area contributed by atoms with E-state index in [2.05, 4.69) is 21.3 Å². The summed E-state index contributed by atoms with van der Waals surface area (Å²) < 4.78 is 10.1. The molecule has 0 saturated carbocycles. The molecule has 10 nitrogen and oxygen atoms in total. The number of hydrogen-bond donors (Lipinski definition) is 5. The molecule has 0 aliphatic rings. The smallest absolute Gasteiger partial charge is 0.408 e. The van der Waals surface area contributed by atoms with Crippen LogP contribution in [0.5, 0.6) is 5.75 Å². The number of rotatable bonds is 12. The topological polar surface area (TPSA) is 138 Å². The normalized spacial score (nSPS) is 11.6. The van der Waals surface area contributed by atoms with Crippen LogP contribution in [0.3, 0.4) is 0 Å². The van der Waals surface area contributed by atoms with Crippen molar-refractivity contribution >= 4 is 41.0 Å². The summed E-state index contributed by atoms with van der Waals surface area (Å²) in [4.78, 5) is 36.3. The van der Waals surface area contributed by atoms with Crippen molar-refractivity contribution in [2.75, 3.05) is 25.0 Å². The van der Waals surface area contributed by atoms with Crippen molar-refractivity contribution in [1.82, 2.24) is 16.0 Å². The first-order valence-electron chi connectivity index (χ1n) is 11.3. The van der Waals surface area contributed by atoms with Gasteiger partial charge in [-0.15, -0.1) is 0 Å². The van der Waals surface area contributed by atoms with Gasteiger partial charge in [0.2, 0.25) is 5.91 Å². The number of alkyl carbamates (subject to hydrolysis) is 1. The standard InChI is InChI=1S/C23H36N4O6S/c1-5-32-19(29)12-14-25-21(34)24-13-7-6-11-18(27-22(31)33-23(2,3)4)20(30)26-16-9-8-10-17(28)15-16/h8-10,15,18,28H,5-7,11-14H2,1-4H3,(H,26,30)(H,27,31)(H2,24,25,34). The van der Waals surface area contributed by atoms with E-state index < -0.39 is 23.6 Å². The number of nitrogens with one attached hydrogen (secondary N) is 4. The number of aromatic hydroxyl groups is 1. The molecule has 1 aromatic rings. The molecule has 0 fully saturated rings. The highest BCUT2D eigenvalue weighted by molar-refractivity contribution is 7.80. The molecule has 0 spiro atoms. The fourth-order valence-corrected chi connectivity index (χ4v) is 2.98. The number of esters is 1. The Morgan fingerprint density at radius 3 is 2.47 bits per heavy atom. The van der Waals surface area contributed by atoms with Crippen molar-refractivity contribution in [3.63, 3.8) is 0 Å². The summed E-state index contributed by atoms with van der Waals surface area (Å²) >= 11 is 5.17. The van der Waals surface area contributed by atoms with E-state index in [1.54, 1.807) is 39.8 Å². The van der Waals surface area contributed by atoms with E-state index in [1.165, 1.54) is 12.1 Å². The van der Waals surface area contributed by atoms with Gasteiger partial charge < -0.3 is 35.8 Å². The molecule has 11 heteroatoms. The Kier molecular flexibility index (Phi) is 12.7. The van der Waals surface area contributed by atoms with E-state index in [0.717, 1.165) is 0 Å². The summed E-state index contributed by atoms with van der Waals surface area (Å²) in [6, 6.07) is 5.34. The van der Waals surface area contributed by atoms with Gasteiger partial charge in [-0.1, -0.05) is 6.07 Å². The van der Waals surface area contributed by atoms with Crippen LogP contribution in [0.25, 0.3) is 0 Å². The van der Waals surface area contributed by atoms with E-state index in [4.69, 9.17) is 21.7 Å². The Morgan fingerprint density at radius 1 is 1.12 bits per heavy atom. The van der Waals surface area contributed by atoms with Crippen molar-refractivity contribution in [2.24, 2.45) is 0 Å². The maximum absolute atomic E-state index is 12.8. The zero-order chi connectivity index (χ0) is 25.6. The number of thiocarbonyl (C=S) groups is 1. The molecule has 0 radical (unpaired) electrons. The van der Waals surface area contributed by atoms with Gasteiger partial charge in [-0.05, 0) is 71.3 Å². The van der Waals surface area contributed by atoms with Crippen LogP contribution in [0.1, 0.15) is 53.4 Å². The van der Waals surface area contributed by atoms with Gasteiger partial charge >= 0.3 is 12.1 Å². The summed E-state index contributed by atoms with van der Waals surface area (Å²) in [5.41, 5.74) is -0.280. The quantitative estimate of drug-likeness (QED) is 0.168. The molecule has 5 N–H and O–H groups in total. The maximum atomic E-state index is 12.8. The molecule has 190 valence electrons. The van der Waals surface area contributed by atoms with Crippen LogP contribution < -0.4 is 21.3 Å². The molecular weight excluding hydrogens is 460 g/mol. The van der Waals surface area contributed by atoms with E-state index in [0.29, 0.717) is 49.8 Å². The summed E-state index contributed by atoms with van der Waals surface area (Å²) in [7, 11) is 0. The number of phenolic OH excluding ortho intramolecular Hbond substituents is 1. The monoisotopic (exact) mass is 496 g/mol. The Hall–Kier alpha value is -3.08. The Morgan fingerprint density at radius 2 is 1.82 bits per heavy atom. The summed E-state index contributed by atoms with van der Waals surface area (Å²) in [6.07, 6.45) is 1.21. The highest BCUT2D eigenvalue weighted by Crippen LogP contribution is 2.16. The Balaban J connectivity index is 2.50. The largest absolute Gasteiger partial charge is 0.508 e. The SMILES string of the molecule is CCOC(=O)CCNC(=S)NCCCCC(NC(=O)OC(C)(C)C)C(=O)Nc1cccc(O)c1. The molecule has 1 unspecified atom stereocenters. The van der Waals surface area contributed by atoms with E-state index in [1.807, 2.05) is 0 Å². The molecule has 1 aromatic carbocycles. The van der Waals surface area contributed by atoms with Gasteiger partial charge in [0, 0.05) is 24.8 Å². The molecule has 1 rings (SSSR count). The van der Waals surface area contributed by atoms with Crippen LogP contribution in [0.4, 0.5) is 10.5 Å². The average Bonchev–Trinajstić information content (AvgIpc) is 2.71. The molecule has 0 saturated heterocycles. The number of amides is 2. The van der Waals surface area contributed by atoms with Gasteiger partial charge in [0.05, 0.1) is 13.0 Å². The van der Waals surface area contributed by atoms with Crippen LogP contribution in [0, 0.1) is 0 Å². The van der Waals surface area contributed by atoms with Crippen molar-refractivity contribution in [1.29, 1.82) is 0 Å². The zero-order valence-corrected chi connectivity index (χ0v) is 21.0. The Bertz CT molecular complexity index is 828. The lowest BCUT2D eigenvalue weighted by Crippen LogP contribution is -2.45. The third-order valence-electron chi connectivity index (χ3n) is 4.25. The van der Waals surface area contributed by atoms with Crippen LogP contribution in [0.15, 0.2) is 24.3 Å². The highest BCUT2D eigenvalue weighted by Gasteiger charge is 2.24. The first-order chi connectivity index (χ1) is 16.0. The number of anilines is 1. The number of ether oxygens (including phenoxy) is 2. The number of phenols is 1. The summed E-state index contributed by atoms with van der Waals surface area (Å²) in [5, 5.41) is 21.3. The van der Waals surface area contributed by atoms with Gasteiger partial charge in [-0.25, -0.2) is 4.79 Å². The summed E-state index contributed by atoms with van der Waals surface area (Å²) in [6.45, 7) is 8.25. The van der Waals surface area contributed by atoms with Crippen LogP contribution in [0.2, 0.25) is 0 Å². The molecule has 0 bridgehead atoms. The van der Waals surface area contributed by atoms with E-state index in [9.17, 15) is 19.5 Å². The zero-order valence-electron chi connectivity index (χ0n) is 20.2. The first kappa shape index (κ1) is 29.0. The molecule has 0 aliphatic carbocycles. The second-order valence-corrected chi connectivity index (χ2v) is 8.88. The van der Waals surface area contributed by atoms with Crippen molar-refractivity contribution in [2.45, 2.75) is 65.0 Å². The lowest BCUT2D eigenvalue weighted by molar-refractivity contribution is -0.142. The number of carbonyl (C=O) groups excluding carboxylic acids is 3. The van der Waals surface area contributed by atoms with E-state index >= 15 is 0 Å². The molecular formula is C23H36N4O6S. The fourth-order valence-electron chi connectivity index (χ4n) is 2.78. The minimum atomic E-state index is -0.827. The number of unbranched alkanes of at least 4 members (excludes halogenated alkanes) is 1. The van der Waals surface area contributed by atoms with Gasteiger partial charge in [0.25, 0.3) is 0 Å². The molecule has 0 heterocycles. The lowest BCUT2D eigenvalue weighted by Gasteiger charge is -2.23. The van der Waals surface area contributed by atoms with Crippen LogP contribution >= 0.6 is 12.2 Å². The molecule has 0 aliphatic heterocycles. The third-order valence-corrected chi connectivity index (χ3v) is 4.53. The lowest BCUT2D eigenvalue weighted by atomic mass is 10.1. The molecule has 2 amide bonds. The van der Waals surface area contributed by atoms with Gasteiger partial charge in [-0.2, -0.15) is 0 Å². The van der Waals surface area contributed by atoms with Crippen LogP contribution in [-0.4, -0.2) is 59.5 Å². The molecule has 1 atom stereocenters. The Labute approximate surface area is 206 Å². The number of hydrogen-bond acceptors (Lipinski definition) is 7. The van der Waals surface area contributed by atoms with Gasteiger partial charge in [0.1, 0.15) is 17.4 Å². The minimum absolute atomic E-state index is 0.0207. The molecule has 0 aromatic heterocycles. The van der Waals surface area contributed by atoms with Crippen molar-refractivity contribution in [3.8, 4) is 5.75 Å². The van der Waals surface area contributed by atoms with Crippen molar-refractivity contribution in [3.05, 3.63) is 24.3 Å². The van der Waals surface area contributed by atoms with E-state index in [-0.39, 0.29) is 18.1 Å². The highest BCUT2D eigenvalue weighted by atomic mass is 32.1. The number of benzene rings is 1. The summed E-state index contributed by atoms with van der Waals surface area (Å²) in [5.74, 6) is -0.682. The predicted molar refractivity (Wildman–Crippen MR) is 134 cm³/mol. The first-order valence-corrected chi connectivity index (χ1v) is 11.7.